The van der Waals surface area contributed by atoms with Crippen molar-refractivity contribution in [1.82, 2.24) is 4.57 Å². The van der Waals surface area contributed by atoms with Gasteiger partial charge in [-0.05, 0) is 31.2 Å². The number of carbonyl (C=O) groups is 1. The smallest absolute Gasteiger partial charge is 0.256 e. The van der Waals surface area contributed by atoms with Crippen molar-refractivity contribution in [3.63, 3.8) is 0 Å². The molecule has 5 heteroatoms. The molecule has 1 heterocycles. The molecule has 1 amide bonds. The first-order valence-electron chi connectivity index (χ1n) is 7.47. The maximum Gasteiger partial charge on any atom is 0.256 e. The number of aryl methyl sites for hydroxylation is 1. The van der Waals surface area contributed by atoms with Gasteiger partial charge in [0.25, 0.3) is 5.91 Å². The quantitative estimate of drug-likeness (QED) is 0.775. The molecule has 0 saturated carbocycles. The highest BCUT2D eigenvalue weighted by Crippen LogP contribution is 2.35. The fourth-order valence-electron chi connectivity index (χ4n) is 2.72. The summed E-state index contributed by atoms with van der Waals surface area (Å²) in [5.41, 5.74) is 8.35. The van der Waals surface area contributed by atoms with Crippen molar-refractivity contribution in [3.8, 4) is 5.75 Å². The van der Waals surface area contributed by atoms with Gasteiger partial charge in [-0.2, -0.15) is 0 Å². The van der Waals surface area contributed by atoms with Crippen LogP contribution in [0.2, 0.25) is 0 Å². The summed E-state index contributed by atoms with van der Waals surface area (Å²) in [6.45, 7) is 2.70. The Morgan fingerprint density at radius 3 is 2.61 bits per heavy atom. The van der Waals surface area contributed by atoms with Gasteiger partial charge in [-0.25, -0.2) is 0 Å². The average Bonchev–Trinajstić information content (AvgIpc) is 2.86. The molecule has 0 unspecified atom stereocenters. The predicted molar refractivity (Wildman–Crippen MR) is 93.0 cm³/mol. The molecule has 2 aromatic carbocycles. The number of fused-ring (bicyclic) bond motifs is 1. The number of ether oxygens (including phenoxy) is 1. The zero-order valence-electron chi connectivity index (χ0n) is 13.2. The molecule has 118 valence electrons. The van der Waals surface area contributed by atoms with Crippen LogP contribution in [0.1, 0.15) is 17.3 Å². The largest absolute Gasteiger partial charge is 0.497 e. The summed E-state index contributed by atoms with van der Waals surface area (Å²) in [4.78, 5) is 12.4. The summed E-state index contributed by atoms with van der Waals surface area (Å²) in [5.74, 6) is 1.19. The molecule has 0 fully saturated rings. The van der Waals surface area contributed by atoms with Gasteiger partial charge in [0, 0.05) is 23.6 Å². The third kappa shape index (κ3) is 2.61. The lowest BCUT2D eigenvalue weighted by Crippen LogP contribution is -2.15. The van der Waals surface area contributed by atoms with E-state index >= 15 is 0 Å². The number of hydrogen-bond acceptors (Lipinski definition) is 3. The number of anilines is 2. The number of benzene rings is 2. The van der Waals surface area contributed by atoms with E-state index in [0.717, 1.165) is 16.7 Å². The van der Waals surface area contributed by atoms with Crippen LogP contribution in [0, 0.1) is 0 Å². The molecule has 0 spiro atoms. The van der Waals surface area contributed by atoms with Crippen molar-refractivity contribution in [1.29, 1.82) is 0 Å². The van der Waals surface area contributed by atoms with Gasteiger partial charge < -0.3 is 20.4 Å². The number of amides is 1. The molecule has 1 aromatic heterocycles. The van der Waals surface area contributed by atoms with Crippen LogP contribution < -0.4 is 15.8 Å². The van der Waals surface area contributed by atoms with E-state index in [1.807, 2.05) is 47.9 Å². The van der Waals surface area contributed by atoms with Crippen LogP contribution in [-0.4, -0.2) is 17.6 Å². The number of nitrogen functional groups attached to an aromatic ring is 1. The number of aromatic nitrogens is 1. The zero-order valence-corrected chi connectivity index (χ0v) is 13.2. The highest BCUT2D eigenvalue weighted by molar-refractivity contribution is 6.09. The van der Waals surface area contributed by atoms with E-state index in [1.165, 1.54) is 0 Å². The highest BCUT2D eigenvalue weighted by atomic mass is 16.5. The summed E-state index contributed by atoms with van der Waals surface area (Å²) in [7, 11) is 1.63. The fraction of sp³-hybridized carbons (Fsp3) is 0.167. The SMILES string of the molecule is CCn1c(NC(=O)c2ccccc2)c(N)c2ccc(OC)cc21. The van der Waals surface area contributed by atoms with Gasteiger partial charge in [-0.1, -0.05) is 18.2 Å². The standard InChI is InChI=1S/C18H19N3O2/c1-3-21-15-11-13(23-2)9-10-14(15)16(19)17(21)20-18(22)12-7-5-4-6-8-12/h4-11H,3,19H2,1-2H3,(H,20,22). The molecule has 0 aliphatic carbocycles. The number of hydrogen-bond donors (Lipinski definition) is 2. The Labute approximate surface area is 134 Å². The Morgan fingerprint density at radius 2 is 1.96 bits per heavy atom. The molecule has 3 N–H and O–H groups in total. The monoisotopic (exact) mass is 309 g/mol. The topological polar surface area (TPSA) is 69.3 Å². The highest BCUT2D eigenvalue weighted by Gasteiger charge is 2.17. The van der Waals surface area contributed by atoms with Gasteiger partial charge in [0.1, 0.15) is 11.6 Å². The van der Waals surface area contributed by atoms with E-state index in [9.17, 15) is 4.79 Å². The minimum absolute atomic E-state index is 0.179. The number of nitrogens with two attached hydrogens (primary N) is 1. The van der Waals surface area contributed by atoms with E-state index in [0.29, 0.717) is 23.6 Å². The van der Waals surface area contributed by atoms with Crippen molar-refractivity contribution in [3.05, 3.63) is 54.1 Å². The van der Waals surface area contributed by atoms with E-state index in [1.54, 1.807) is 19.2 Å². The van der Waals surface area contributed by atoms with Crippen LogP contribution in [0.4, 0.5) is 11.5 Å². The van der Waals surface area contributed by atoms with Crippen LogP contribution >= 0.6 is 0 Å². The summed E-state index contributed by atoms with van der Waals surface area (Å²) in [5, 5.41) is 3.83. The molecule has 23 heavy (non-hydrogen) atoms. The first-order chi connectivity index (χ1) is 11.2. The van der Waals surface area contributed by atoms with Gasteiger partial charge in [0.05, 0.1) is 18.3 Å². The van der Waals surface area contributed by atoms with Crippen LogP contribution in [-0.2, 0) is 6.54 Å². The first-order valence-corrected chi connectivity index (χ1v) is 7.47. The lowest BCUT2D eigenvalue weighted by Gasteiger charge is -2.10. The third-order valence-corrected chi connectivity index (χ3v) is 3.90. The van der Waals surface area contributed by atoms with Gasteiger partial charge in [-0.15, -0.1) is 0 Å². The predicted octanol–water partition coefficient (Wildman–Crippen LogP) is 3.50. The van der Waals surface area contributed by atoms with Crippen molar-refractivity contribution in [2.75, 3.05) is 18.2 Å². The molecule has 0 saturated heterocycles. The van der Waals surface area contributed by atoms with Gasteiger partial charge in [0.2, 0.25) is 0 Å². The molecule has 3 aromatic rings. The second-order valence-electron chi connectivity index (χ2n) is 5.21. The maximum atomic E-state index is 12.4. The van der Waals surface area contributed by atoms with E-state index in [-0.39, 0.29) is 5.91 Å². The molecule has 3 rings (SSSR count). The molecular formula is C18H19N3O2. The molecule has 5 nitrogen and oxygen atoms in total. The van der Waals surface area contributed by atoms with Crippen molar-refractivity contribution in [2.24, 2.45) is 0 Å². The Bertz CT molecular complexity index is 854. The third-order valence-electron chi connectivity index (χ3n) is 3.90. The summed E-state index contributed by atoms with van der Waals surface area (Å²) >= 11 is 0. The number of nitrogens with one attached hydrogen (secondary N) is 1. The van der Waals surface area contributed by atoms with E-state index in [2.05, 4.69) is 5.32 Å². The number of nitrogens with zero attached hydrogens (tertiary/aromatic N) is 1. The first kappa shape index (κ1) is 15.0. The van der Waals surface area contributed by atoms with Crippen LogP contribution in [0.25, 0.3) is 10.9 Å². The zero-order chi connectivity index (χ0) is 16.4. The Balaban J connectivity index is 2.06. The van der Waals surface area contributed by atoms with Crippen molar-refractivity contribution < 1.29 is 9.53 Å². The van der Waals surface area contributed by atoms with Gasteiger partial charge in [0.15, 0.2) is 0 Å². The second-order valence-corrected chi connectivity index (χ2v) is 5.21. The lowest BCUT2D eigenvalue weighted by molar-refractivity contribution is 0.102. The minimum Gasteiger partial charge on any atom is -0.497 e. The minimum atomic E-state index is -0.179. The van der Waals surface area contributed by atoms with Crippen molar-refractivity contribution in [2.45, 2.75) is 13.5 Å². The van der Waals surface area contributed by atoms with E-state index < -0.39 is 0 Å². The van der Waals surface area contributed by atoms with Gasteiger partial charge >= 0.3 is 0 Å². The number of methoxy groups -OCH3 is 1. The molecule has 0 aliphatic rings. The Hall–Kier alpha value is -2.95. The fourth-order valence-corrected chi connectivity index (χ4v) is 2.72. The molecule has 0 atom stereocenters. The average molecular weight is 309 g/mol. The summed E-state index contributed by atoms with van der Waals surface area (Å²) in [6.07, 6.45) is 0. The van der Waals surface area contributed by atoms with Crippen molar-refractivity contribution >= 4 is 28.3 Å². The lowest BCUT2D eigenvalue weighted by atomic mass is 10.2. The Kier molecular flexibility index (Phi) is 3.93. The van der Waals surface area contributed by atoms with Crippen LogP contribution in [0.5, 0.6) is 5.75 Å². The van der Waals surface area contributed by atoms with Crippen LogP contribution in [0.3, 0.4) is 0 Å². The second kappa shape index (κ2) is 6.04. The number of carbonyl (C=O) groups excluding carboxylic acids is 1. The molecule has 0 radical (unpaired) electrons. The molecule has 0 aliphatic heterocycles. The maximum absolute atomic E-state index is 12.4. The van der Waals surface area contributed by atoms with E-state index in [4.69, 9.17) is 10.5 Å². The Morgan fingerprint density at radius 1 is 1.22 bits per heavy atom. The number of rotatable bonds is 4. The molecule has 0 bridgehead atoms. The molecular weight excluding hydrogens is 290 g/mol. The van der Waals surface area contributed by atoms with Gasteiger partial charge in [-0.3, -0.25) is 4.79 Å². The summed E-state index contributed by atoms with van der Waals surface area (Å²) in [6, 6.07) is 14.8. The normalized spacial score (nSPS) is 10.7. The summed E-state index contributed by atoms with van der Waals surface area (Å²) < 4.78 is 7.26. The van der Waals surface area contributed by atoms with Crippen LogP contribution in [0.15, 0.2) is 48.5 Å².